The Bertz CT molecular complexity index is 3240. The summed E-state index contributed by atoms with van der Waals surface area (Å²) in [6, 6.07) is 37.6. The molecule has 3 aromatic heterocycles. The lowest BCUT2D eigenvalue weighted by atomic mass is 10.1. The Morgan fingerprint density at radius 2 is 0.791 bits per heavy atom. The van der Waals surface area contributed by atoms with Gasteiger partial charge in [-0.05, 0) is 148 Å². The monoisotopic (exact) mass is 1290 g/mol. The topological polar surface area (TPSA) is 239 Å². The van der Waals surface area contributed by atoms with E-state index in [0.29, 0.717) is 110 Å². The molecule has 0 aliphatic carbocycles. The van der Waals surface area contributed by atoms with Crippen molar-refractivity contribution in [3.05, 3.63) is 222 Å². The van der Waals surface area contributed by atoms with E-state index in [4.69, 9.17) is 128 Å². The summed E-state index contributed by atoms with van der Waals surface area (Å²) < 4.78 is 59.2. The molecular weight excluding hydrogens is 1240 g/mol. The molecule has 6 atom stereocenters. The minimum atomic E-state index is -1.50. The maximum absolute atomic E-state index is 8.36. The molecule has 0 bridgehead atoms. The number of hydrogen-bond donors (Lipinski definition) is 1. The van der Waals surface area contributed by atoms with Crippen LogP contribution in [-0.2, 0) is 65.4 Å². The summed E-state index contributed by atoms with van der Waals surface area (Å²) in [6.45, 7) is 8.41. The van der Waals surface area contributed by atoms with Crippen molar-refractivity contribution in [1.29, 1.82) is 0 Å². The van der Waals surface area contributed by atoms with Crippen molar-refractivity contribution in [2.24, 2.45) is 0 Å². The van der Waals surface area contributed by atoms with Gasteiger partial charge in [0, 0.05) is 31.8 Å². The summed E-state index contributed by atoms with van der Waals surface area (Å²) >= 11 is 37.4. The number of aromatic nitrogens is 9. The molecule has 86 heavy (non-hydrogen) atoms. The first-order chi connectivity index (χ1) is 40.8. The molecule has 6 aromatic carbocycles. The summed E-state index contributed by atoms with van der Waals surface area (Å²) in [6.07, 6.45) is 9.37. The van der Waals surface area contributed by atoms with Crippen LogP contribution in [0.15, 0.2) is 165 Å². The molecule has 1 N–H and O–H groups in total. The van der Waals surface area contributed by atoms with Crippen LogP contribution in [0.25, 0.3) is 0 Å². The van der Waals surface area contributed by atoms with E-state index in [1.807, 2.05) is 57.2 Å². The highest BCUT2D eigenvalue weighted by molar-refractivity contribution is 6.32. The van der Waals surface area contributed by atoms with Gasteiger partial charge in [-0.3, -0.25) is 0 Å². The van der Waals surface area contributed by atoms with Gasteiger partial charge in [0.05, 0.1) is 66.3 Å². The van der Waals surface area contributed by atoms with Gasteiger partial charge >= 0.3 is 0 Å². The molecular formula is C58H56Cl6N10O12. The molecule has 6 heterocycles. The Kier molecular flexibility index (Phi) is 22.2. The standard InChI is InChI=1S/3C19H17Cl2N3O3.CH4.HNO3/c2*1-13-9-25-19(27-13,10-24-11-22-23-12-24)17-7-6-16(8-18(17)21)26-15-4-2-14(20)3-5-15;1-13-9-25-19(27-13,10-24-12-22-11-23-24)17-7-6-16(8-18(17)21)26-15-4-2-14(20)3-5-15;;2-1(3)4/h3*2-8,11-13H,9-10H2,1H3;1H4;(H,2,3,4). The quantitative estimate of drug-likeness (QED) is 0.0741. The van der Waals surface area contributed by atoms with Crippen LogP contribution in [0.5, 0.6) is 34.5 Å². The number of hydrogen-bond acceptors (Lipinski definition) is 17. The van der Waals surface area contributed by atoms with E-state index in [9.17, 15) is 0 Å². The van der Waals surface area contributed by atoms with Gasteiger partial charge in [-0.1, -0.05) is 77.0 Å². The summed E-state index contributed by atoms with van der Waals surface area (Å²) in [5.74, 6) is 0.802. The van der Waals surface area contributed by atoms with Gasteiger partial charge < -0.3 is 57.0 Å². The highest BCUT2D eigenvalue weighted by Crippen LogP contribution is 2.44. The fourth-order valence-electron chi connectivity index (χ4n) is 9.00. The molecule has 0 saturated carbocycles. The highest BCUT2D eigenvalue weighted by atomic mass is 35.5. The van der Waals surface area contributed by atoms with Crippen molar-refractivity contribution in [1.82, 2.24) is 44.3 Å². The molecule has 0 radical (unpaired) electrons. The van der Waals surface area contributed by atoms with Crippen LogP contribution in [0, 0.1) is 10.1 Å². The molecule has 3 fully saturated rings. The molecule has 12 rings (SSSR count). The molecule has 3 aliphatic rings. The second kappa shape index (κ2) is 29.5. The second-order valence-electron chi connectivity index (χ2n) is 19.2. The van der Waals surface area contributed by atoms with E-state index in [1.165, 1.54) is 6.33 Å². The molecule has 28 heteroatoms. The summed E-state index contributed by atoms with van der Waals surface area (Å²) in [5.41, 5.74) is 2.17. The third-order valence-electron chi connectivity index (χ3n) is 12.6. The van der Waals surface area contributed by atoms with E-state index in [0.717, 1.165) is 11.1 Å². The Morgan fingerprint density at radius 1 is 0.500 bits per heavy atom. The molecule has 9 aromatic rings. The van der Waals surface area contributed by atoms with Crippen molar-refractivity contribution < 1.29 is 52.9 Å². The Balaban J connectivity index is 0.000000161. The van der Waals surface area contributed by atoms with Crippen LogP contribution in [0.3, 0.4) is 0 Å². The lowest BCUT2D eigenvalue weighted by Crippen LogP contribution is -2.34. The fourth-order valence-corrected chi connectivity index (χ4v) is 10.3. The molecule has 3 aliphatic heterocycles. The Morgan fingerprint density at radius 3 is 1.05 bits per heavy atom. The fraction of sp³-hybridized carbons (Fsp3) is 0.276. The van der Waals surface area contributed by atoms with Gasteiger partial charge in [-0.2, -0.15) is 5.10 Å². The minimum absolute atomic E-state index is 0. The lowest BCUT2D eigenvalue weighted by molar-refractivity contribution is -0.742. The SMILES string of the molecule is C.CC1COC(Cn2cncn2)(c2ccc(Oc3ccc(Cl)cc3)cc2Cl)O1.CC1COC(Cn2cnnc2)(c2ccc(Oc3ccc(Cl)cc3)cc2Cl)O1.CC1COC(Cn2cnnc2)(c2ccc(Oc3ccc(Cl)cc3)cc2Cl)O1.O=[N+]([O-])O. The third-order valence-corrected chi connectivity index (χ3v) is 14.3. The van der Waals surface area contributed by atoms with E-state index >= 15 is 0 Å². The minimum Gasteiger partial charge on any atom is -0.457 e. The van der Waals surface area contributed by atoms with Crippen molar-refractivity contribution in [2.75, 3.05) is 19.8 Å². The average molecular weight is 1300 g/mol. The number of ether oxygens (including phenoxy) is 9. The van der Waals surface area contributed by atoms with E-state index < -0.39 is 22.4 Å². The van der Waals surface area contributed by atoms with E-state index in [1.54, 1.807) is 136 Å². The van der Waals surface area contributed by atoms with Crippen molar-refractivity contribution >= 4 is 69.6 Å². The maximum Gasteiger partial charge on any atom is 0.291 e. The van der Waals surface area contributed by atoms with Gasteiger partial charge in [0.1, 0.15) is 79.0 Å². The maximum atomic E-state index is 8.36. The average Bonchev–Trinajstić information content (AvgIpc) is 2.15. The lowest BCUT2D eigenvalue weighted by Gasteiger charge is -2.29. The first kappa shape index (κ1) is 64.8. The van der Waals surface area contributed by atoms with Crippen molar-refractivity contribution in [3.8, 4) is 34.5 Å². The highest BCUT2D eigenvalue weighted by Gasteiger charge is 2.46. The molecule has 0 amide bonds. The first-order valence-electron chi connectivity index (χ1n) is 25.8. The van der Waals surface area contributed by atoms with Crippen LogP contribution in [-0.4, -0.2) is 92.7 Å². The summed E-state index contributed by atoms with van der Waals surface area (Å²) in [7, 11) is 0. The Hall–Kier alpha value is -7.16. The molecule has 0 spiro atoms. The van der Waals surface area contributed by atoms with Crippen molar-refractivity contribution in [3.63, 3.8) is 0 Å². The van der Waals surface area contributed by atoms with E-state index in [-0.39, 0.29) is 25.7 Å². The van der Waals surface area contributed by atoms with Crippen LogP contribution in [0.2, 0.25) is 30.1 Å². The van der Waals surface area contributed by atoms with Gasteiger partial charge in [0.15, 0.2) is 0 Å². The summed E-state index contributed by atoms with van der Waals surface area (Å²) in [5, 5.41) is 36.5. The molecule has 3 saturated heterocycles. The number of rotatable bonds is 15. The van der Waals surface area contributed by atoms with Crippen LogP contribution in [0.4, 0.5) is 0 Å². The van der Waals surface area contributed by atoms with Crippen molar-refractivity contribution in [2.45, 2.75) is 83.5 Å². The van der Waals surface area contributed by atoms with Crippen LogP contribution >= 0.6 is 69.6 Å². The zero-order chi connectivity index (χ0) is 60.1. The van der Waals surface area contributed by atoms with Gasteiger partial charge in [-0.25, -0.2) is 9.67 Å². The smallest absolute Gasteiger partial charge is 0.291 e. The van der Waals surface area contributed by atoms with Crippen LogP contribution in [0.1, 0.15) is 44.9 Å². The molecule has 452 valence electrons. The largest absolute Gasteiger partial charge is 0.457 e. The van der Waals surface area contributed by atoms with Gasteiger partial charge in [0.25, 0.3) is 5.09 Å². The Labute approximate surface area is 523 Å². The third kappa shape index (κ3) is 17.1. The number of halogens is 6. The predicted molar refractivity (Wildman–Crippen MR) is 319 cm³/mol. The predicted octanol–water partition coefficient (Wildman–Crippen LogP) is 14.3. The zero-order valence-corrected chi connectivity index (χ0v) is 49.8. The number of nitrogens with zero attached hydrogens (tertiary/aromatic N) is 10. The number of benzene rings is 6. The second-order valence-corrected chi connectivity index (χ2v) is 21.7. The van der Waals surface area contributed by atoms with Gasteiger partial charge in [0.2, 0.25) is 17.4 Å². The zero-order valence-electron chi connectivity index (χ0n) is 45.2. The first-order valence-corrected chi connectivity index (χ1v) is 28.1. The van der Waals surface area contributed by atoms with Crippen LogP contribution < -0.4 is 14.2 Å². The summed E-state index contributed by atoms with van der Waals surface area (Å²) in [4.78, 5) is 12.3. The molecule has 22 nitrogen and oxygen atoms in total. The molecule has 6 unspecified atom stereocenters. The normalized spacial score (nSPS) is 21.1. The van der Waals surface area contributed by atoms with Gasteiger partial charge in [-0.15, -0.1) is 30.5 Å². The van der Waals surface area contributed by atoms with E-state index in [2.05, 4.69) is 30.5 Å².